The lowest BCUT2D eigenvalue weighted by Crippen LogP contribution is -2.39. The van der Waals surface area contributed by atoms with Crippen LogP contribution in [0.5, 0.6) is 0 Å². The first-order valence-corrected chi connectivity index (χ1v) is 7.42. The van der Waals surface area contributed by atoms with Crippen LogP contribution in [0.25, 0.3) is 0 Å². The normalized spacial score (nSPS) is 28.5. The quantitative estimate of drug-likeness (QED) is 0.851. The fraction of sp³-hybridized carbons (Fsp3) is 0.667. The molecule has 0 spiro atoms. The van der Waals surface area contributed by atoms with Crippen molar-refractivity contribution in [3.63, 3.8) is 0 Å². The second kappa shape index (κ2) is 5.26. The van der Waals surface area contributed by atoms with Crippen molar-refractivity contribution in [1.29, 1.82) is 0 Å². The predicted molar refractivity (Wildman–Crippen MR) is 77.6 cm³/mol. The summed E-state index contributed by atoms with van der Waals surface area (Å²) in [4.78, 5) is 22.7. The number of carbonyl (C=O) groups is 1. The van der Waals surface area contributed by atoms with Gasteiger partial charge in [-0.3, -0.25) is 4.90 Å². The lowest BCUT2D eigenvalue weighted by molar-refractivity contribution is 0.0197. The molecule has 3 atom stereocenters. The Morgan fingerprint density at radius 1 is 1.43 bits per heavy atom. The Kier molecular flexibility index (Phi) is 3.57. The summed E-state index contributed by atoms with van der Waals surface area (Å²) in [7, 11) is 0. The second-order valence-electron chi connectivity index (χ2n) is 6.79. The first-order chi connectivity index (χ1) is 9.96. The Balaban J connectivity index is 1.86. The summed E-state index contributed by atoms with van der Waals surface area (Å²) >= 11 is 0. The molecule has 0 bridgehead atoms. The second-order valence-corrected chi connectivity index (χ2v) is 6.79. The highest BCUT2D eigenvalue weighted by Crippen LogP contribution is 2.42. The van der Waals surface area contributed by atoms with Gasteiger partial charge in [0, 0.05) is 31.7 Å². The molecule has 2 aliphatic heterocycles. The van der Waals surface area contributed by atoms with Crippen molar-refractivity contribution in [2.24, 2.45) is 11.8 Å². The van der Waals surface area contributed by atoms with Gasteiger partial charge in [0.15, 0.2) is 0 Å². The number of nitrogens with zero attached hydrogens (tertiary/aromatic N) is 3. The molecule has 3 heterocycles. The van der Waals surface area contributed by atoms with E-state index in [1.165, 1.54) is 6.33 Å². The van der Waals surface area contributed by atoms with Gasteiger partial charge in [0.1, 0.15) is 11.9 Å². The lowest BCUT2D eigenvalue weighted by Gasteiger charge is -2.30. The molecule has 0 radical (unpaired) electrons. The first kappa shape index (κ1) is 14.3. The van der Waals surface area contributed by atoms with Crippen LogP contribution in [-0.4, -0.2) is 46.2 Å². The van der Waals surface area contributed by atoms with Crippen molar-refractivity contribution in [2.45, 2.75) is 32.4 Å². The fourth-order valence-electron chi connectivity index (χ4n) is 3.28. The molecular weight excluding hydrogens is 268 g/mol. The van der Waals surface area contributed by atoms with Gasteiger partial charge in [-0.15, -0.1) is 0 Å². The van der Waals surface area contributed by atoms with E-state index in [1.807, 2.05) is 31.7 Å². The zero-order valence-electron chi connectivity index (χ0n) is 12.7. The zero-order chi connectivity index (χ0) is 15.0. The van der Waals surface area contributed by atoms with Crippen LogP contribution in [0.4, 0.5) is 4.79 Å². The number of carbonyl (C=O) groups excluding carboxylic acids is 1. The van der Waals surface area contributed by atoms with Crippen LogP contribution in [0.2, 0.25) is 0 Å². The average Bonchev–Trinajstić information content (AvgIpc) is 2.97. The third-order valence-electron chi connectivity index (χ3n) is 4.10. The van der Waals surface area contributed by atoms with Crippen LogP contribution in [0.1, 0.15) is 32.5 Å². The van der Waals surface area contributed by atoms with E-state index in [1.54, 1.807) is 6.20 Å². The van der Waals surface area contributed by atoms with Crippen LogP contribution in [0, 0.1) is 11.8 Å². The first-order valence-electron chi connectivity index (χ1n) is 7.42. The summed E-state index contributed by atoms with van der Waals surface area (Å²) in [5.74, 6) is 0.866. The predicted octanol–water partition coefficient (Wildman–Crippen LogP) is 1.60. The van der Waals surface area contributed by atoms with Gasteiger partial charge in [-0.1, -0.05) is 0 Å². The molecular formula is C15H22N4O2. The van der Waals surface area contributed by atoms with Crippen molar-refractivity contribution in [2.75, 3.05) is 19.6 Å². The van der Waals surface area contributed by atoms with Gasteiger partial charge in [-0.2, -0.15) is 0 Å². The number of rotatable bonds is 1. The van der Waals surface area contributed by atoms with Crippen molar-refractivity contribution in [3.8, 4) is 0 Å². The van der Waals surface area contributed by atoms with E-state index >= 15 is 0 Å². The van der Waals surface area contributed by atoms with Crippen LogP contribution in [0.3, 0.4) is 0 Å². The molecule has 1 aromatic rings. The van der Waals surface area contributed by atoms with Crippen molar-refractivity contribution < 1.29 is 9.53 Å². The largest absolute Gasteiger partial charge is 0.444 e. The Morgan fingerprint density at radius 2 is 2.24 bits per heavy atom. The maximum atomic E-state index is 12.5. The summed E-state index contributed by atoms with van der Waals surface area (Å²) < 4.78 is 5.56. The topological polar surface area (TPSA) is 67.3 Å². The molecule has 1 amide bonds. The molecule has 0 aromatic carbocycles. The minimum absolute atomic E-state index is 0.0251. The Hall–Kier alpha value is -1.69. The molecule has 2 fully saturated rings. The molecule has 2 saturated heterocycles. The van der Waals surface area contributed by atoms with Crippen LogP contribution >= 0.6 is 0 Å². The van der Waals surface area contributed by atoms with Gasteiger partial charge in [0.25, 0.3) is 0 Å². The molecule has 1 N–H and O–H groups in total. The van der Waals surface area contributed by atoms with E-state index in [9.17, 15) is 4.79 Å². The molecule has 3 rings (SSSR count). The minimum Gasteiger partial charge on any atom is -0.444 e. The Bertz CT molecular complexity index is 514. The summed E-state index contributed by atoms with van der Waals surface area (Å²) in [6, 6.07) is 1.87. The maximum absolute atomic E-state index is 12.5. The number of ether oxygens (including phenoxy) is 1. The highest BCUT2D eigenvalue weighted by molar-refractivity contribution is 5.69. The minimum atomic E-state index is -0.483. The number of fused-ring (bicyclic) bond motifs is 1. The molecule has 114 valence electrons. The number of nitrogens with one attached hydrogen (secondary N) is 1. The monoisotopic (exact) mass is 290 g/mol. The molecule has 2 aliphatic rings. The van der Waals surface area contributed by atoms with E-state index in [2.05, 4.69) is 15.3 Å². The third-order valence-corrected chi connectivity index (χ3v) is 4.10. The molecule has 6 nitrogen and oxygen atoms in total. The van der Waals surface area contributed by atoms with E-state index in [0.29, 0.717) is 11.8 Å². The highest BCUT2D eigenvalue weighted by Gasteiger charge is 2.48. The molecule has 3 unspecified atom stereocenters. The van der Waals surface area contributed by atoms with Gasteiger partial charge < -0.3 is 10.1 Å². The van der Waals surface area contributed by atoms with Gasteiger partial charge >= 0.3 is 6.09 Å². The van der Waals surface area contributed by atoms with E-state index < -0.39 is 5.60 Å². The number of likely N-dealkylation sites (tertiary alicyclic amines) is 1. The zero-order valence-corrected chi connectivity index (χ0v) is 12.7. The van der Waals surface area contributed by atoms with Crippen LogP contribution < -0.4 is 5.32 Å². The molecule has 0 saturated carbocycles. The van der Waals surface area contributed by atoms with Gasteiger partial charge in [0.2, 0.25) is 0 Å². The Morgan fingerprint density at radius 3 is 2.90 bits per heavy atom. The van der Waals surface area contributed by atoms with Crippen molar-refractivity contribution >= 4 is 6.09 Å². The van der Waals surface area contributed by atoms with Gasteiger partial charge in [-0.25, -0.2) is 14.8 Å². The van der Waals surface area contributed by atoms with E-state index in [0.717, 1.165) is 25.3 Å². The van der Waals surface area contributed by atoms with E-state index in [-0.39, 0.29) is 12.1 Å². The standard InChI is InChI=1S/C15H22N4O2/c1-15(2,3)21-14(20)19-8-10-6-17-7-11(10)13(19)12-4-5-16-9-18-12/h4-5,9-11,13,17H,6-8H2,1-3H3. The number of hydrogen-bond acceptors (Lipinski definition) is 5. The smallest absolute Gasteiger partial charge is 0.410 e. The van der Waals surface area contributed by atoms with Gasteiger partial charge in [0.05, 0.1) is 11.7 Å². The fourth-order valence-corrected chi connectivity index (χ4v) is 3.28. The van der Waals surface area contributed by atoms with Crippen LogP contribution in [-0.2, 0) is 4.74 Å². The van der Waals surface area contributed by atoms with Crippen molar-refractivity contribution in [1.82, 2.24) is 20.2 Å². The lowest BCUT2D eigenvalue weighted by atomic mass is 9.92. The number of aromatic nitrogens is 2. The third kappa shape index (κ3) is 2.85. The summed E-state index contributed by atoms with van der Waals surface area (Å²) in [6.07, 6.45) is 3.02. The maximum Gasteiger partial charge on any atom is 0.410 e. The summed E-state index contributed by atoms with van der Waals surface area (Å²) in [6.45, 7) is 8.26. The SMILES string of the molecule is CC(C)(C)OC(=O)N1CC2CNCC2C1c1ccncn1. The van der Waals surface area contributed by atoms with Crippen LogP contribution in [0.15, 0.2) is 18.6 Å². The molecule has 1 aromatic heterocycles. The van der Waals surface area contributed by atoms with Crippen molar-refractivity contribution in [3.05, 3.63) is 24.3 Å². The summed E-state index contributed by atoms with van der Waals surface area (Å²) in [5.41, 5.74) is 0.413. The highest BCUT2D eigenvalue weighted by atomic mass is 16.6. The number of amides is 1. The van der Waals surface area contributed by atoms with Gasteiger partial charge in [-0.05, 0) is 32.8 Å². The molecule has 6 heteroatoms. The van der Waals surface area contributed by atoms with E-state index in [4.69, 9.17) is 4.74 Å². The number of hydrogen-bond donors (Lipinski definition) is 1. The Labute approximate surface area is 124 Å². The summed E-state index contributed by atoms with van der Waals surface area (Å²) in [5, 5.41) is 3.41. The average molecular weight is 290 g/mol. The molecule has 0 aliphatic carbocycles. The molecule has 21 heavy (non-hydrogen) atoms.